The van der Waals surface area contributed by atoms with Crippen molar-refractivity contribution in [2.45, 2.75) is 24.3 Å². The minimum atomic E-state index is -3.86. The van der Waals surface area contributed by atoms with E-state index in [1.54, 1.807) is 24.3 Å². The fourth-order valence-electron chi connectivity index (χ4n) is 3.56. The number of nitrogens with zero attached hydrogens (tertiary/aromatic N) is 1. The van der Waals surface area contributed by atoms with Crippen LogP contribution in [0.15, 0.2) is 71.6 Å². The molecule has 1 heterocycles. The zero-order valence-corrected chi connectivity index (χ0v) is 18.6. The molecule has 166 valence electrons. The second-order valence-electron chi connectivity index (χ2n) is 7.41. The Balaban J connectivity index is 1.51. The Morgan fingerprint density at radius 3 is 2.47 bits per heavy atom. The molecule has 3 aromatic rings. The smallest absolute Gasteiger partial charge is 0.319 e. The lowest BCUT2D eigenvalue weighted by molar-refractivity contribution is 0.251. The molecule has 0 aromatic heterocycles. The number of amides is 2. The fraction of sp³-hybridized carbons (Fsp3) is 0.174. The van der Waals surface area contributed by atoms with Crippen LogP contribution in [0, 0.1) is 5.82 Å². The number of hydrogen-bond donors (Lipinski definition) is 2. The number of carbonyl (C=O) groups excluding carboxylic acids is 1. The predicted octanol–water partition coefficient (Wildman–Crippen LogP) is 4.94. The number of carbonyl (C=O) groups is 1. The van der Waals surface area contributed by atoms with Crippen LogP contribution >= 0.6 is 11.6 Å². The number of urea groups is 1. The topological polar surface area (TPSA) is 78.5 Å². The molecule has 6 nitrogen and oxygen atoms in total. The monoisotopic (exact) mass is 473 g/mol. The molecule has 0 aliphatic carbocycles. The molecular weight excluding hydrogens is 453 g/mol. The lowest BCUT2D eigenvalue weighted by Crippen LogP contribution is -2.35. The van der Waals surface area contributed by atoms with E-state index in [0.29, 0.717) is 35.9 Å². The van der Waals surface area contributed by atoms with E-state index in [0.717, 1.165) is 29.7 Å². The summed E-state index contributed by atoms with van der Waals surface area (Å²) in [7, 11) is -3.86. The van der Waals surface area contributed by atoms with Gasteiger partial charge in [-0.15, -0.1) is 0 Å². The van der Waals surface area contributed by atoms with Crippen molar-refractivity contribution in [2.75, 3.05) is 16.2 Å². The van der Waals surface area contributed by atoms with Gasteiger partial charge in [0.05, 0.1) is 10.6 Å². The molecule has 1 aliphatic rings. The second kappa shape index (κ2) is 9.18. The summed E-state index contributed by atoms with van der Waals surface area (Å²) in [6.45, 7) is 0.623. The molecule has 0 saturated heterocycles. The normalized spacial score (nSPS) is 13.4. The van der Waals surface area contributed by atoms with E-state index in [1.807, 2.05) is 18.2 Å². The summed E-state index contributed by atoms with van der Waals surface area (Å²) in [5, 5.41) is 6.12. The number of hydrogen-bond acceptors (Lipinski definition) is 3. The van der Waals surface area contributed by atoms with Gasteiger partial charge in [0.25, 0.3) is 10.0 Å². The molecule has 1 aliphatic heterocycles. The van der Waals surface area contributed by atoms with Crippen LogP contribution in [0.3, 0.4) is 0 Å². The standard InChI is InChI=1S/C23H21ClFN3O3S/c24-18-6-3-16(4-7-18)15-26-23(29)27-20-10-5-17-2-1-13-28(22(17)14-20)32(30,31)21-11-8-19(25)9-12-21/h3-12,14H,1-2,13,15H2,(H2,26,27,29). The van der Waals surface area contributed by atoms with E-state index in [1.165, 1.54) is 16.4 Å². The Bertz CT molecular complexity index is 1230. The SMILES string of the molecule is O=C(NCc1ccc(Cl)cc1)Nc1ccc2c(c1)N(S(=O)(=O)c1ccc(F)cc1)CCC2. The van der Waals surface area contributed by atoms with E-state index < -0.39 is 21.9 Å². The average Bonchev–Trinajstić information content (AvgIpc) is 2.78. The minimum absolute atomic E-state index is 0.0193. The van der Waals surface area contributed by atoms with Crippen molar-refractivity contribution in [1.29, 1.82) is 0 Å². The lowest BCUT2D eigenvalue weighted by atomic mass is 10.0. The Labute approximate surface area is 191 Å². The number of fused-ring (bicyclic) bond motifs is 1. The van der Waals surface area contributed by atoms with Gasteiger partial charge < -0.3 is 10.6 Å². The first kappa shape index (κ1) is 22.1. The summed E-state index contributed by atoms with van der Waals surface area (Å²) >= 11 is 5.87. The Morgan fingerprint density at radius 2 is 1.75 bits per heavy atom. The van der Waals surface area contributed by atoms with Crippen LogP contribution in [0.5, 0.6) is 0 Å². The van der Waals surface area contributed by atoms with Crippen molar-refractivity contribution in [3.63, 3.8) is 0 Å². The maximum Gasteiger partial charge on any atom is 0.319 e. The van der Waals surface area contributed by atoms with Gasteiger partial charge in [0.15, 0.2) is 0 Å². The molecule has 3 aromatic carbocycles. The molecule has 9 heteroatoms. The molecule has 0 saturated carbocycles. The number of benzene rings is 3. The van der Waals surface area contributed by atoms with Crippen LogP contribution in [0.1, 0.15) is 17.5 Å². The maximum atomic E-state index is 13.3. The Hall–Kier alpha value is -3.10. The van der Waals surface area contributed by atoms with Crippen molar-refractivity contribution < 1.29 is 17.6 Å². The number of halogens is 2. The number of anilines is 2. The first-order valence-corrected chi connectivity index (χ1v) is 11.9. The Kier molecular flexibility index (Phi) is 6.34. The number of rotatable bonds is 5. The molecule has 0 bridgehead atoms. The van der Waals surface area contributed by atoms with Crippen molar-refractivity contribution in [2.24, 2.45) is 0 Å². The van der Waals surface area contributed by atoms with E-state index in [4.69, 9.17) is 11.6 Å². The van der Waals surface area contributed by atoms with E-state index >= 15 is 0 Å². The zero-order chi connectivity index (χ0) is 22.7. The van der Waals surface area contributed by atoms with Gasteiger partial charge in [-0.3, -0.25) is 4.31 Å². The highest BCUT2D eigenvalue weighted by Crippen LogP contribution is 2.34. The molecule has 32 heavy (non-hydrogen) atoms. The lowest BCUT2D eigenvalue weighted by Gasteiger charge is -2.31. The van der Waals surface area contributed by atoms with Crippen LogP contribution in [0.25, 0.3) is 0 Å². The van der Waals surface area contributed by atoms with E-state index in [-0.39, 0.29) is 4.90 Å². The van der Waals surface area contributed by atoms with Crippen LogP contribution < -0.4 is 14.9 Å². The maximum absolute atomic E-state index is 13.3. The van der Waals surface area contributed by atoms with Crippen molar-refractivity contribution in [3.05, 3.63) is 88.7 Å². The predicted molar refractivity (Wildman–Crippen MR) is 123 cm³/mol. The van der Waals surface area contributed by atoms with Gasteiger partial charge in [0.2, 0.25) is 0 Å². The third-order valence-corrected chi connectivity index (χ3v) is 7.27. The van der Waals surface area contributed by atoms with Crippen LogP contribution in [-0.4, -0.2) is 21.0 Å². The number of nitrogens with one attached hydrogen (secondary N) is 2. The van der Waals surface area contributed by atoms with Gasteiger partial charge in [0.1, 0.15) is 5.82 Å². The highest BCUT2D eigenvalue weighted by molar-refractivity contribution is 7.92. The molecule has 0 atom stereocenters. The molecule has 0 unspecified atom stereocenters. The highest BCUT2D eigenvalue weighted by Gasteiger charge is 2.29. The molecule has 2 amide bonds. The van der Waals surface area contributed by atoms with Gasteiger partial charge >= 0.3 is 6.03 Å². The summed E-state index contributed by atoms with van der Waals surface area (Å²) in [6, 6.07) is 16.7. The summed E-state index contributed by atoms with van der Waals surface area (Å²) in [6.07, 6.45) is 1.40. The van der Waals surface area contributed by atoms with Gasteiger partial charge in [-0.05, 0) is 72.5 Å². The average molecular weight is 474 g/mol. The number of sulfonamides is 1. The molecule has 0 fully saturated rings. The fourth-order valence-corrected chi connectivity index (χ4v) is 5.22. The van der Waals surface area contributed by atoms with Gasteiger partial charge in [0, 0.05) is 23.8 Å². The van der Waals surface area contributed by atoms with Crippen LogP contribution in [0.2, 0.25) is 5.02 Å². The van der Waals surface area contributed by atoms with E-state index in [2.05, 4.69) is 10.6 Å². The largest absolute Gasteiger partial charge is 0.334 e. The third-order valence-electron chi connectivity index (χ3n) is 5.19. The van der Waals surface area contributed by atoms with Gasteiger partial charge in [-0.2, -0.15) is 0 Å². The molecule has 0 radical (unpaired) electrons. The first-order chi connectivity index (χ1) is 15.3. The first-order valence-electron chi connectivity index (χ1n) is 10.0. The molecule has 4 rings (SSSR count). The summed E-state index contributed by atoms with van der Waals surface area (Å²) in [5.74, 6) is -0.501. The molecular formula is C23H21ClFN3O3S. The van der Waals surface area contributed by atoms with Crippen LogP contribution in [-0.2, 0) is 23.0 Å². The van der Waals surface area contributed by atoms with E-state index in [9.17, 15) is 17.6 Å². The molecule has 0 spiro atoms. The summed E-state index contributed by atoms with van der Waals surface area (Å²) in [4.78, 5) is 12.4. The summed E-state index contributed by atoms with van der Waals surface area (Å²) < 4.78 is 40.9. The van der Waals surface area contributed by atoms with Gasteiger partial charge in [-0.25, -0.2) is 17.6 Å². The number of aryl methyl sites for hydroxylation is 1. The van der Waals surface area contributed by atoms with Crippen molar-refractivity contribution in [3.8, 4) is 0 Å². The minimum Gasteiger partial charge on any atom is -0.334 e. The zero-order valence-electron chi connectivity index (χ0n) is 17.0. The summed E-state index contributed by atoms with van der Waals surface area (Å²) in [5.41, 5.74) is 2.75. The van der Waals surface area contributed by atoms with Crippen molar-refractivity contribution >= 4 is 39.0 Å². The third kappa shape index (κ3) is 4.87. The van der Waals surface area contributed by atoms with Crippen molar-refractivity contribution in [1.82, 2.24) is 5.32 Å². The second-order valence-corrected chi connectivity index (χ2v) is 9.71. The highest BCUT2D eigenvalue weighted by atomic mass is 35.5. The molecule has 2 N–H and O–H groups in total. The quantitative estimate of drug-likeness (QED) is 0.550. The Morgan fingerprint density at radius 1 is 1.03 bits per heavy atom. The van der Waals surface area contributed by atoms with Crippen LogP contribution in [0.4, 0.5) is 20.6 Å². The van der Waals surface area contributed by atoms with Gasteiger partial charge in [-0.1, -0.05) is 29.8 Å².